The fourth-order valence-electron chi connectivity index (χ4n) is 5.09. The molecule has 0 aliphatic rings. The van der Waals surface area contributed by atoms with E-state index >= 15 is 0 Å². The zero-order valence-corrected chi connectivity index (χ0v) is 29.0. The van der Waals surface area contributed by atoms with Crippen molar-refractivity contribution in [3.63, 3.8) is 0 Å². The maximum Gasteiger partial charge on any atom is 0.264 e. The molecule has 0 aliphatic heterocycles. The quantitative estimate of drug-likeness (QED) is 0.137. The number of ether oxygens (including phenoxy) is 1. The predicted molar refractivity (Wildman–Crippen MR) is 189 cm³/mol. The summed E-state index contributed by atoms with van der Waals surface area (Å²) in [4.78, 5) is 30.8. The van der Waals surface area contributed by atoms with Gasteiger partial charge < -0.3 is 15.0 Å². The standard InChI is InChI=1S/C37H43N3O5S2/c1-5-24-38-37(42)35(25-29-10-8-7-9-11-29)39(26-30-14-12-28(3)13-15-30)36(41)27-40(31-16-18-32(19-17-31)45-6-2)47(43,44)34-22-20-33(46-4)21-23-34/h7-23,35H,5-6,24-27H2,1-4H3,(H,38,42). The van der Waals surface area contributed by atoms with E-state index in [1.54, 1.807) is 48.5 Å². The van der Waals surface area contributed by atoms with Crippen LogP contribution in [0.5, 0.6) is 5.75 Å². The monoisotopic (exact) mass is 673 g/mol. The molecule has 0 saturated carbocycles. The minimum atomic E-state index is -4.20. The number of benzene rings is 4. The summed E-state index contributed by atoms with van der Waals surface area (Å²) in [5, 5.41) is 2.97. The van der Waals surface area contributed by atoms with Gasteiger partial charge in [0.2, 0.25) is 11.8 Å². The average Bonchev–Trinajstić information content (AvgIpc) is 3.09. The van der Waals surface area contributed by atoms with E-state index in [4.69, 9.17) is 4.74 Å². The van der Waals surface area contributed by atoms with Crippen molar-refractivity contribution in [1.82, 2.24) is 10.2 Å². The van der Waals surface area contributed by atoms with Crippen LogP contribution in [0.4, 0.5) is 5.69 Å². The van der Waals surface area contributed by atoms with Gasteiger partial charge in [0.15, 0.2) is 0 Å². The van der Waals surface area contributed by atoms with Crippen molar-refractivity contribution in [2.75, 3.05) is 30.3 Å². The van der Waals surface area contributed by atoms with Crippen molar-refractivity contribution in [2.24, 2.45) is 0 Å². The maximum atomic E-state index is 14.6. The van der Waals surface area contributed by atoms with E-state index in [1.807, 2.05) is 81.6 Å². The van der Waals surface area contributed by atoms with Gasteiger partial charge >= 0.3 is 0 Å². The first-order valence-electron chi connectivity index (χ1n) is 15.7. The van der Waals surface area contributed by atoms with Gasteiger partial charge in [-0.1, -0.05) is 67.1 Å². The molecule has 1 unspecified atom stereocenters. The molecule has 0 spiro atoms. The van der Waals surface area contributed by atoms with Crippen molar-refractivity contribution in [3.8, 4) is 5.75 Å². The van der Waals surface area contributed by atoms with Gasteiger partial charge in [-0.3, -0.25) is 13.9 Å². The summed E-state index contributed by atoms with van der Waals surface area (Å²) in [6.45, 7) is 6.33. The molecule has 47 heavy (non-hydrogen) atoms. The summed E-state index contributed by atoms with van der Waals surface area (Å²) in [7, 11) is -4.20. The Morgan fingerprint density at radius 3 is 2.11 bits per heavy atom. The molecule has 2 amide bonds. The first-order valence-corrected chi connectivity index (χ1v) is 18.4. The van der Waals surface area contributed by atoms with Crippen LogP contribution < -0.4 is 14.4 Å². The van der Waals surface area contributed by atoms with E-state index < -0.39 is 28.5 Å². The summed E-state index contributed by atoms with van der Waals surface area (Å²) in [6.07, 6.45) is 2.91. The first-order chi connectivity index (χ1) is 22.7. The molecule has 8 nitrogen and oxygen atoms in total. The molecule has 10 heteroatoms. The van der Waals surface area contributed by atoms with Crippen molar-refractivity contribution < 1.29 is 22.7 Å². The van der Waals surface area contributed by atoms with Crippen LogP contribution in [0.1, 0.15) is 37.0 Å². The number of hydrogen-bond acceptors (Lipinski definition) is 6. The summed E-state index contributed by atoms with van der Waals surface area (Å²) in [5.74, 6) is -0.212. The number of thioether (sulfide) groups is 1. The molecule has 1 atom stereocenters. The molecule has 0 saturated heterocycles. The number of aryl methyl sites for hydroxylation is 1. The molecule has 0 heterocycles. The predicted octanol–water partition coefficient (Wildman–Crippen LogP) is 6.48. The van der Waals surface area contributed by atoms with Crippen molar-refractivity contribution in [2.45, 2.75) is 56.0 Å². The normalized spacial score (nSPS) is 11.8. The molecule has 0 radical (unpaired) electrons. The molecular formula is C37H43N3O5S2. The molecule has 1 N–H and O–H groups in total. The Morgan fingerprint density at radius 2 is 1.51 bits per heavy atom. The lowest BCUT2D eigenvalue weighted by molar-refractivity contribution is -0.140. The second kappa shape index (κ2) is 17.0. The van der Waals surface area contributed by atoms with Crippen LogP contribution in [-0.4, -0.2) is 57.1 Å². The molecule has 4 rings (SSSR count). The molecular weight excluding hydrogens is 631 g/mol. The number of nitrogens with one attached hydrogen (secondary N) is 1. The van der Waals surface area contributed by atoms with Crippen molar-refractivity contribution >= 4 is 39.3 Å². The van der Waals surface area contributed by atoms with Crippen LogP contribution >= 0.6 is 11.8 Å². The summed E-state index contributed by atoms with van der Waals surface area (Å²) >= 11 is 1.51. The van der Waals surface area contributed by atoms with Gasteiger partial charge in [-0.15, -0.1) is 11.8 Å². The van der Waals surface area contributed by atoms with E-state index in [0.717, 1.165) is 32.3 Å². The van der Waals surface area contributed by atoms with Gasteiger partial charge in [-0.05, 0) is 86.2 Å². The molecule has 0 aliphatic carbocycles. The van der Waals surface area contributed by atoms with E-state index in [1.165, 1.54) is 16.7 Å². The topological polar surface area (TPSA) is 96.0 Å². The number of carbonyl (C=O) groups excluding carboxylic acids is 2. The van der Waals surface area contributed by atoms with E-state index in [0.29, 0.717) is 24.6 Å². The third-order valence-corrected chi connectivity index (χ3v) is 10.2. The van der Waals surface area contributed by atoms with Crippen LogP contribution in [0, 0.1) is 6.92 Å². The van der Waals surface area contributed by atoms with Crippen LogP contribution in [0.2, 0.25) is 0 Å². The van der Waals surface area contributed by atoms with E-state index in [2.05, 4.69) is 5.32 Å². The first kappa shape index (κ1) is 35.6. The fraction of sp³-hybridized carbons (Fsp3) is 0.297. The Morgan fingerprint density at radius 1 is 0.851 bits per heavy atom. The number of amides is 2. The fourth-order valence-corrected chi connectivity index (χ4v) is 6.91. The number of carbonyl (C=O) groups is 2. The second-order valence-corrected chi connectivity index (χ2v) is 13.9. The van der Waals surface area contributed by atoms with Crippen LogP contribution in [0.15, 0.2) is 113 Å². The number of rotatable bonds is 16. The van der Waals surface area contributed by atoms with E-state index in [9.17, 15) is 18.0 Å². The van der Waals surface area contributed by atoms with Gasteiger partial charge in [0.25, 0.3) is 10.0 Å². The highest BCUT2D eigenvalue weighted by Gasteiger charge is 2.34. The van der Waals surface area contributed by atoms with Crippen LogP contribution in [0.25, 0.3) is 0 Å². The van der Waals surface area contributed by atoms with Crippen molar-refractivity contribution in [3.05, 3.63) is 120 Å². The number of sulfonamides is 1. The van der Waals surface area contributed by atoms with E-state index in [-0.39, 0.29) is 23.8 Å². The number of anilines is 1. The molecule has 0 fully saturated rings. The third-order valence-electron chi connectivity index (χ3n) is 7.66. The van der Waals surface area contributed by atoms with Crippen LogP contribution in [-0.2, 0) is 32.6 Å². The van der Waals surface area contributed by atoms with Gasteiger partial charge in [0.1, 0.15) is 18.3 Å². The highest BCUT2D eigenvalue weighted by atomic mass is 32.2. The molecule has 0 bridgehead atoms. The largest absolute Gasteiger partial charge is 0.494 e. The highest BCUT2D eigenvalue weighted by molar-refractivity contribution is 7.98. The lowest BCUT2D eigenvalue weighted by Gasteiger charge is -2.34. The number of nitrogens with zero attached hydrogens (tertiary/aromatic N) is 2. The Bertz CT molecular complexity index is 1700. The van der Waals surface area contributed by atoms with Gasteiger partial charge in [0, 0.05) is 24.4 Å². The molecule has 4 aromatic carbocycles. The lowest BCUT2D eigenvalue weighted by Crippen LogP contribution is -2.53. The zero-order chi connectivity index (χ0) is 33.8. The Balaban J connectivity index is 1.79. The average molecular weight is 674 g/mol. The molecule has 248 valence electrons. The lowest BCUT2D eigenvalue weighted by atomic mass is 10.0. The van der Waals surface area contributed by atoms with Gasteiger partial charge in [0.05, 0.1) is 17.2 Å². The number of hydrogen-bond donors (Lipinski definition) is 1. The van der Waals surface area contributed by atoms with Crippen molar-refractivity contribution in [1.29, 1.82) is 0 Å². The maximum absolute atomic E-state index is 14.6. The highest BCUT2D eigenvalue weighted by Crippen LogP contribution is 2.28. The summed E-state index contributed by atoms with van der Waals surface area (Å²) in [5.41, 5.74) is 3.08. The Kier molecular flexibility index (Phi) is 12.9. The summed E-state index contributed by atoms with van der Waals surface area (Å²) < 4.78 is 35.2. The van der Waals surface area contributed by atoms with Gasteiger partial charge in [-0.25, -0.2) is 8.42 Å². The SMILES string of the molecule is CCCNC(=O)C(Cc1ccccc1)N(Cc1ccc(C)cc1)C(=O)CN(c1ccc(OCC)cc1)S(=O)(=O)c1ccc(SC)cc1. The second-order valence-electron chi connectivity index (χ2n) is 11.1. The van der Waals surface area contributed by atoms with Crippen LogP contribution in [0.3, 0.4) is 0 Å². The zero-order valence-electron chi connectivity index (χ0n) is 27.4. The van der Waals surface area contributed by atoms with Gasteiger partial charge in [-0.2, -0.15) is 0 Å². The Hall–Kier alpha value is -4.28. The summed E-state index contributed by atoms with van der Waals surface area (Å²) in [6, 6.07) is 29.6. The third kappa shape index (κ3) is 9.62. The molecule has 4 aromatic rings. The molecule has 0 aromatic heterocycles. The minimum Gasteiger partial charge on any atom is -0.494 e. The minimum absolute atomic E-state index is 0.0589. The Labute approximate surface area is 283 Å². The smallest absolute Gasteiger partial charge is 0.264 e.